The van der Waals surface area contributed by atoms with E-state index >= 15 is 0 Å². The Labute approximate surface area is 221 Å². The summed E-state index contributed by atoms with van der Waals surface area (Å²) < 4.78 is 35.0. The summed E-state index contributed by atoms with van der Waals surface area (Å²) in [5.41, 5.74) is 3.49. The number of halogens is 3. The van der Waals surface area contributed by atoms with Gasteiger partial charge in [-0.25, -0.2) is 8.78 Å². The topological polar surface area (TPSA) is 57.1 Å². The first-order valence-electron chi connectivity index (χ1n) is 12.8. The minimum Gasteiger partial charge on any atom is -0.493 e. The van der Waals surface area contributed by atoms with Gasteiger partial charge in [-0.1, -0.05) is 43.0 Å². The lowest BCUT2D eigenvalue weighted by Gasteiger charge is -2.44. The molecule has 0 spiro atoms. The molecule has 7 heteroatoms. The van der Waals surface area contributed by atoms with Crippen molar-refractivity contribution in [2.45, 2.75) is 51.6 Å². The van der Waals surface area contributed by atoms with Crippen molar-refractivity contribution in [2.75, 3.05) is 17.2 Å². The molecule has 1 saturated carbocycles. The second-order valence-electron chi connectivity index (χ2n) is 10.2. The number of ether oxygens (including phenoxy) is 1. The number of nitrogens with one attached hydrogen (secondary N) is 2. The van der Waals surface area contributed by atoms with Crippen LogP contribution in [0.3, 0.4) is 0 Å². The molecule has 1 fully saturated rings. The van der Waals surface area contributed by atoms with Crippen molar-refractivity contribution in [1.82, 2.24) is 0 Å². The third kappa shape index (κ3) is 4.85. The van der Waals surface area contributed by atoms with E-state index in [-0.39, 0.29) is 5.92 Å². The Morgan fingerprint density at radius 2 is 1.54 bits per heavy atom. The molecular weight excluding hydrogens is 492 g/mol. The highest BCUT2D eigenvalue weighted by atomic mass is 35.5. The van der Waals surface area contributed by atoms with Gasteiger partial charge in [0, 0.05) is 23.1 Å². The standard InChI is InChI=1S/C30H30ClF2N3O/c1-18-12-20(16-34)13-19(2)29(18)37-17-24(21-6-4-3-5-7-21)30(22-8-10-23(31)11-9-22)35-27-14-25(32)26(33)15-28(27)36-30/h8-15,21,24,35-36H,3-7,17H2,1-2H3. The zero-order chi connectivity index (χ0) is 26.2. The van der Waals surface area contributed by atoms with Crippen molar-refractivity contribution in [2.24, 2.45) is 11.8 Å². The minimum absolute atomic E-state index is 0.0815. The molecule has 3 aromatic rings. The molecule has 1 aliphatic carbocycles. The molecule has 1 heterocycles. The monoisotopic (exact) mass is 521 g/mol. The molecule has 5 rings (SSSR count). The maximum absolute atomic E-state index is 14.2. The van der Waals surface area contributed by atoms with E-state index in [1.165, 1.54) is 18.6 Å². The fraction of sp³-hybridized carbons (Fsp3) is 0.367. The van der Waals surface area contributed by atoms with Crippen LogP contribution in [0.15, 0.2) is 48.5 Å². The number of anilines is 2. The first kappa shape index (κ1) is 25.4. The van der Waals surface area contributed by atoms with E-state index in [1.54, 1.807) is 0 Å². The zero-order valence-electron chi connectivity index (χ0n) is 21.0. The zero-order valence-corrected chi connectivity index (χ0v) is 21.8. The Morgan fingerprint density at radius 1 is 0.973 bits per heavy atom. The van der Waals surface area contributed by atoms with Gasteiger partial charge >= 0.3 is 0 Å². The lowest BCUT2D eigenvalue weighted by molar-refractivity contribution is 0.112. The molecule has 0 saturated heterocycles. The molecule has 0 bridgehead atoms. The summed E-state index contributed by atoms with van der Waals surface area (Å²) in [7, 11) is 0. The van der Waals surface area contributed by atoms with Crippen LogP contribution in [0.4, 0.5) is 20.2 Å². The van der Waals surface area contributed by atoms with Gasteiger partial charge in [0.1, 0.15) is 11.4 Å². The van der Waals surface area contributed by atoms with Crippen LogP contribution in [0, 0.1) is 48.6 Å². The van der Waals surface area contributed by atoms with Crippen LogP contribution in [0.2, 0.25) is 5.02 Å². The Hall–Kier alpha value is -3.30. The summed E-state index contributed by atoms with van der Waals surface area (Å²) in [6.45, 7) is 4.27. The number of aryl methyl sites for hydroxylation is 2. The second kappa shape index (κ2) is 10.2. The Morgan fingerprint density at radius 3 is 2.08 bits per heavy atom. The number of hydrogen-bond acceptors (Lipinski definition) is 4. The van der Waals surface area contributed by atoms with Gasteiger partial charge in [0.15, 0.2) is 11.6 Å². The summed E-state index contributed by atoms with van der Waals surface area (Å²) in [4.78, 5) is 0. The summed E-state index contributed by atoms with van der Waals surface area (Å²) in [5.74, 6) is -0.795. The van der Waals surface area contributed by atoms with Crippen LogP contribution in [-0.4, -0.2) is 6.61 Å². The van der Waals surface area contributed by atoms with Gasteiger partial charge in [-0.05, 0) is 73.6 Å². The molecule has 37 heavy (non-hydrogen) atoms. The lowest BCUT2D eigenvalue weighted by Crippen LogP contribution is -2.51. The molecule has 0 radical (unpaired) electrons. The highest BCUT2D eigenvalue weighted by molar-refractivity contribution is 6.30. The number of fused-ring (bicyclic) bond motifs is 1. The van der Waals surface area contributed by atoms with E-state index < -0.39 is 17.3 Å². The van der Waals surface area contributed by atoms with Crippen LogP contribution in [-0.2, 0) is 5.66 Å². The van der Waals surface area contributed by atoms with Gasteiger partial charge in [0.25, 0.3) is 0 Å². The van der Waals surface area contributed by atoms with Gasteiger partial charge in [-0.3, -0.25) is 0 Å². The third-order valence-corrected chi connectivity index (χ3v) is 8.05. The third-order valence-electron chi connectivity index (χ3n) is 7.80. The quantitative estimate of drug-likeness (QED) is 0.344. The molecule has 0 aromatic heterocycles. The molecule has 192 valence electrons. The maximum Gasteiger partial charge on any atom is 0.161 e. The maximum atomic E-state index is 14.2. The van der Waals surface area contributed by atoms with E-state index in [2.05, 4.69) is 16.7 Å². The molecule has 0 amide bonds. The van der Waals surface area contributed by atoms with Crippen molar-refractivity contribution >= 4 is 23.0 Å². The predicted octanol–water partition coefficient (Wildman–Crippen LogP) is 8.07. The Bertz CT molecular complexity index is 1290. The normalized spacial score (nSPS) is 17.3. The second-order valence-corrected chi connectivity index (χ2v) is 10.7. The van der Waals surface area contributed by atoms with E-state index in [0.717, 1.165) is 48.1 Å². The van der Waals surface area contributed by atoms with Gasteiger partial charge < -0.3 is 15.4 Å². The summed E-state index contributed by atoms with van der Waals surface area (Å²) in [6, 6.07) is 15.9. The van der Waals surface area contributed by atoms with Crippen molar-refractivity contribution in [3.05, 3.63) is 87.4 Å². The molecule has 1 unspecified atom stereocenters. The van der Waals surface area contributed by atoms with Crippen molar-refractivity contribution in [3.8, 4) is 11.8 Å². The van der Waals surface area contributed by atoms with Crippen LogP contribution in [0.5, 0.6) is 5.75 Å². The van der Waals surface area contributed by atoms with Crippen LogP contribution in [0.25, 0.3) is 0 Å². The first-order valence-corrected chi connectivity index (χ1v) is 13.1. The van der Waals surface area contributed by atoms with Gasteiger partial charge in [0.2, 0.25) is 0 Å². The van der Waals surface area contributed by atoms with E-state index in [0.29, 0.717) is 34.5 Å². The van der Waals surface area contributed by atoms with E-state index in [4.69, 9.17) is 16.3 Å². The van der Waals surface area contributed by atoms with E-state index in [9.17, 15) is 14.0 Å². The number of rotatable bonds is 6. The molecule has 2 aliphatic rings. The molecule has 2 N–H and O–H groups in total. The SMILES string of the molecule is Cc1cc(C#N)cc(C)c1OCC(C1CCCCC1)C1(c2ccc(Cl)cc2)Nc2cc(F)c(F)cc2N1. The smallest absolute Gasteiger partial charge is 0.161 e. The van der Waals surface area contributed by atoms with Crippen LogP contribution in [0.1, 0.15) is 54.4 Å². The number of benzene rings is 3. The van der Waals surface area contributed by atoms with Gasteiger partial charge in [-0.15, -0.1) is 0 Å². The largest absolute Gasteiger partial charge is 0.493 e. The fourth-order valence-corrected chi connectivity index (χ4v) is 6.16. The number of nitrogens with zero attached hydrogens (tertiary/aromatic N) is 1. The molecular formula is C30H30ClF2N3O. The summed E-state index contributed by atoms with van der Waals surface area (Å²) >= 11 is 6.24. The van der Waals surface area contributed by atoms with Crippen LogP contribution >= 0.6 is 11.6 Å². The molecule has 3 aromatic carbocycles. The van der Waals surface area contributed by atoms with Crippen molar-refractivity contribution in [3.63, 3.8) is 0 Å². The number of nitriles is 1. The molecule has 4 nitrogen and oxygen atoms in total. The summed E-state index contributed by atoms with van der Waals surface area (Å²) in [6.07, 6.45) is 5.53. The highest BCUT2D eigenvalue weighted by Crippen LogP contribution is 2.49. The van der Waals surface area contributed by atoms with Crippen LogP contribution < -0.4 is 15.4 Å². The lowest BCUT2D eigenvalue weighted by atomic mass is 9.72. The van der Waals surface area contributed by atoms with Crippen molar-refractivity contribution in [1.29, 1.82) is 5.26 Å². The van der Waals surface area contributed by atoms with Gasteiger partial charge in [-0.2, -0.15) is 5.26 Å². The average molecular weight is 522 g/mol. The average Bonchev–Trinajstić information content (AvgIpc) is 3.25. The van der Waals surface area contributed by atoms with Gasteiger partial charge in [0.05, 0.1) is 29.6 Å². The van der Waals surface area contributed by atoms with E-state index in [1.807, 2.05) is 50.2 Å². The molecule has 1 atom stereocenters. The molecule has 1 aliphatic heterocycles. The predicted molar refractivity (Wildman–Crippen MR) is 143 cm³/mol. The minimum atomic E-state index is -0.894. The fourth-order valence-electron chi connectivity index (χ4n) is 6.03. The first-order chi connectivity index (χ1) is 17.8. The van der Waals surface area contributed by atoms with Crippen molar-refractivity contribution < 1.29 is 13.5 Å². The number of hydrogen-bond donors (Lipinski definition) is 2. The highest BCUT2D eigenvalue weighted by Gasteiger charge is 2.49. The Balaban J connectivity index is 1.58. The summed E-state index contributed by atoms with van der Waals surface area (Å²) in [5, 5.41) is 17.1. The Kier molecular flexibility index (Phi) is 7.00.